The molecule has 4 amide bonds. The van der Waals surface area contributed by atoms with Crippen LogP contribution in [0.25, 0.3) is 10.8 Å². The number of nitrogens with zero attached hydrogens (tertiary/aromatic N) is 2. The van der Waals surface area contributed by atoms with Crippen molar-refractivity contribution in [3.8, 4) is 0 Å². The highest BCUT2D eigenvalue weighted by atomic mass is 16.2. The molecule has 1 fully saturated rings. The van der Waals surface area contributed by atoms with Crippen molar-refractivity contribution in [2.45, 2.75) is 13.3 Å². The van der Waals surface area contributed by atoms with Crippen LogP contribution in [0.3, 0.4) is 0 Å². The van der Waals surface area contributed by atoms with Crippen molar-refractivity contribution in [2.24, 2.45) is 5.41 Å². The molecule has 2 aliphatic rings. The highest BCUT2D eigenvalue weighted by molar-refractivity contribution is 6.30. The van der Waals surface area contributed by atoms with Crippen LogP contribution in [-0.4, -0.2) is 31.4 Å². The molecule has 1 saturated heterocycles. The van der Waals surface area contributed by atoms with E-state index in [1.165, 1.54) is 0 Å². The molecular formula is C24H21N3O3. The lowest BCUT2D eigenvalue weighted by Gasteiger charge is -2.45. The van der Waals surface area contributed by atoms with Gasteiger partial charge in [0.25, 0.3) is 5.91 Å². The van der Waals surface area contributed by atoms with E-state index in [1.54, 1.807) is 12.1 Å². The van der Waals surface area contributed by atoms with Gasteiger partial charge in [0.15, 0.2) is 5.41 Å². The van der Waals surface area contributed by atoms with E-state index >= 15 is 0 Å². The number of carbonyl (C=O) groups is 3. The Labute approximate surface area is 174 Å². The largest absolute Gasteiger partial charge is 0.373 e. The summed E-state index contributed by atoms with van der Waals surface area (Å²) in [5.74, 6) is -1.02. The zero-order valence-electron chi connectivity index (χ0n) is 16.8. The van der Waals surface area contributed by atoms with Crippen molar-refractivity contribution < 1.29 is 14.4 Å². The zero-order chi connectivity index (χ0) is 21.0. The molecular weight excluding hydrogens is 378 g/mol. The molecule has 1 spiro atoms. The Bertz CT molecular complexity index is 1220. The average Bonchev–Trinajstić information content (AvgIpc) is 2.74. The van der Waals surface area contributed by atoms with E-state index in [1.807, 2.05) is 67.4 Å². The number of rotatable bonds is 1. The first kappa shape index (κ1) is 18.4. The number of fused-ring (bicyclic) bond motifs is 3. The van der Waals surface area contributed by atoms with Crippen LogP contribution in [0.4, 0.5) is 16.2 Å². The fraction of sp³-hybridized carbons (Fsp3) is 0.208. The van der Waals surface area contributed by atoms with E-state index in [0.29, 0.717) is 5.69 Å². The van der Waals surface area contributed by atoms with Crippen molar-refractivity contribution in [1.29, 1.82) is 0 Å². The van der Waals surface area contributed by atoms with Crippen LogP contribution in [0.5, 0.6) is 0 Å². The van der Waals surface area contributed by atoms with E-state index in [-0.39, 0.29) is 13.0 Å². The molecule has 0 aliphatic carbocycles. The molecule has 0 radical (unpaired) electrons. The van der Waals surface area contributed by atoms with E-state index in [4.69, 9.17) is 0 Å². The van der Waals surface area contributed by atoms with E-state index in [9.17, 15) is 14.4 Å². The summed E-state index contributed by atoms with van der Waals surface area (Å²) in [4.78, 5) is 42.5. The van der Waals surface area contributed by atoms with Crippen LogP contribution in [-0.2, 0) is 16.0 Å². The lowest BCUT2D eigenvalue weighted by Crippen LogP contribution is -2.68. The van der Waals surface area contributed by atoms with E-state index < -0.39 is 23.3 Å². The number of barbiturate groups is 1. The van der Waals surface area contributed by atoms with Crippen LogP contribution < -0.4 is 15.1 Å². The number of hydrogen-bond donors (Lipinski definition) is 1. The molecule has 3 aromatic rings. The molecule has 0 unspecified atom stereocenters. The predicted octanol–water partition coefficient (Wildman–Crippen LogP) is 3.41. The van der Waals surface area contributed by atoms with Gasteiger partial charge in [0.2, 0.25) is 5.91 Å². The first-order valence-corrected chi connectivity index (χ1v) is 9.89. The molecule has 0 saturated carbocycles. The molecule has 2 aliphatic heterocycles. The second kappa shape index (κ2) is 6.42. The number of benzene rings is 3. The maximum absolute atomic E-state index is 13.7. The molecule has 150 valence electrons. The van der Waals surface area contributed by atoms with Crippen LogP contribution >= 0.6 is 0 Å². The number of carbonyl (C=O) groups excluding carboxylic acids is 3. The van der Waals surface area contributed by atoms with Crippen LogP contribution in [0.1, 0.15) is 11.1 Å². The van der Waals surface area contributed by atoms with Gasteiger partial charge in [-0.3, -0.25) is 14.9 Å². The first-order valence-electron chi connectivity index (χ1n) is 9.89. The van der Waals surface area contributed by atoms with Crippen LogP contribution in [0.2, 0.25) is 0 Å². The third kappa shape index (κ3) is 2.53. The minimum atomic E-state index is -1.37. The van der Waals surface area contributed by atoms with Gasteiger partial charge in [-0.1, -0.05) is 48.0 Å². The van der Waals surface area contributed by atoms with E-state index in [0.717, 1.165) is 32.5 Å². The summed E-state index contributed by atoms with van der Waals surface area (Å²) in [5, 5.41) is 4.50. The smallest absolute Gasteiger partial charge is 0.335 e. The van der Waals surface area contributed by atoms with Gasteiger partial charge in [-0.2, -0.15) is 0 Å². The molecule has 30 heavy (non-hydrogen) atoms. The third-order valence-corrected chi connectivity index (χ3v) is 6.18. The average molecular weight is 399 g/mol. The quantitative estimate of drug-likeness (QED) is 0.637. The SMILES string of the molecule is Cc1ccc(N2C(=O)NC(=O)[C@]3(Cc4c(ccc5ccccc45)N(C)C3)C2=O)cc1. The summed E-state index contributed by atoms with van der Waals surface area (Å²) in [7, 11) is 1.88. The second-order valence-corrected chi connectivity index (χ2v) is 8.13. The van der Waals surface area contributed by atoms with Gasteiger partial charge in [-0.05, 0) is 41.5 Å². The number of anilines is 2. The number of hydrogen-bond acceptors (Lipinski definition) is 4. The molecule has 1 N–H and O–H groups in total. The van der Waals surface area contributed by atoms with Crippen molar-refractivity contribution in [3.05, 3.63) is 71.8 Å². The van der Waals surface area contributed by atoms with Gasteiger partial charge >= 0.3 is 6.03 Å². The van der Waals surface area contributed by atoms with Crippen molar-refractivity contribution in [3.63, 3.8) is 0 Å². The summed E-state index contributed by atoms with van der Waals surface area (Å²) in [6.45, 7) is 2.14. The highest BCUT2D eigenvalue weighted by Gasteiger charge is 2.56. The normalized spacial score (nSPS) is 21.2. The molecule has 6 nitrogen and oxygen atoms in total. The van der Waals surface area contributed by atoms with Crippen LogP contribution in [0.15, 0.2) is 60.7 Å². The summed E-state index contributed by atoms with van der Waals surface area (Å²) >= 11 is 0. The Morgan fingerprint density at radius 2 is 1.67 bits per heavy atom. The Morgan fingerprint density at radius 1 is 0.933 bits per heavy atom. The van der Waals surface area contributed by atoms with Gasteiger partial charge in [-0.25, -0.2) is 9.69 Å². The molecule has 6 heteroatoms. The highest BCUT2D eigenvalue weighted by Crippen LogP contribution is 2.42. The predicted molar refractivity (Wildman–Crippen MR) is 116 cm³/mol. The first-order chi connectivity index (χ1) is 14.4. The monoisotopic (exact) mass is 399 g/mol. The summed E-state index contributed by atoms with van der Waals surface area (Å²) in [6, 6.07) is 18.5. The lowest BCUT2D eigenvalue weighted by atomic mass is 9.73. The standard InChI is InChI=1S/C24H21N3O3/c1-15-7-10-17(11-8-15)27-22(29)24(21(28)25-23(27)30)13-19-18-6-4-3-5-16(18)9-12-20(19)26(2)14-24/h3-12H,13-14H2,1-2H3,(H,25,28,30)/t24-/m1/s1. The van der Waals surface area contributed by atoms with Gasteiger partial charge in [-0.15, -0.1) is 0 Å². The van der Waals surface area contributed by atoms with Crippen molar-refractivity contribution in [2.75, 3.05) is 23.4 Å². The fourth-order valence-corrected chi connectivity index (χ4v) is 4.62. The van der Waals surface area contributed by atoms with Gasteiger partial charge in [0.1, 0.15) is 0 Å². The topological polar surface area (TPSA) is 69.7 Å². The molecule has 0 bridgehead atoms. The Hall–Kier alpha value is -3.67. The molecule has 2 heterocycles. The maximum atomic E-state index is 13.7. The Kier molecular flexibility index (Phi) is 3.93. The second-order valence-electron chi connectivity index (χ2n) is 8.13. The summed E-state index contributed by atoms with van der Waals surface area (Å²) < 4.78 is 0. The van der Waals surface area contributed by atoms with Gasteiger partial charge in [0, 0.05) is 25.7 Å². The Balaban J connectivity index is 1.65. The third-order valence-electron chi connectivity index (χ3n) is 6.18. The molecule has 1 atom stereocenters. The number of urea groups is 1. The lowest BCUT2D eigenvalue weighted by molar-refractivity contribution is -0.142. The number of nitrogens with one attached hydrogen (secondary N) is 1. The Morgan fingerprint density at radius 3 is 2.43 bits per heavy atom. The minimum Gasteiger partial charge on any atom is -0.373 e. The van der Waals surface area contributed by atoms with Gasteiger partial charge < -0.3 is 4.90 Å². The molecule has 0 aromatic heterocycles. The van der Waals surface area contributed by atoms with E-state index in [2.05, 4.69) is 5.32 Å². The fourth-order valence-electron chi connectivity index (χ4n) is 4.62. The zero-order valence-corrected chi connectivity index (χ0v) is 16.8. The number of imide groups is 2. The molecule has 3 aromatic carbocycles. The van der Waals surface area contributed by atoms with Crippen molar-refractivity contribution in [1.82, 2.24) is 5.32 Å². The van der Waals surface area contributed by atoms with Crippen molar-refractivity contribution >= 4 is 40.0 Å². The summed E-state index contributed by atoms with van der Waals surface area (Å²) in [6.07, 6.45) is 0.244. The molecule has 5 rings (SSSR count). The van der Waals surface area contributed by atoms with Gasteiger partial charge in [0.05, 0.1) is 5.69 Å². The number of amides is 4. The van der Waals surface area contributed by atoms with Crippen LogP contribution in [0, 0.1) is 12.3 Å². The maximum Gasteiger partial charge on any atom is 0.335 e. The summed E-state index contributed by atoms with van der Waals surface area (Å²) in [5.41, 5.74) is 2.06. The number of aryl methyl sites for hydroxylation is 1. The minimum absolute atomic E-state index is 0.207.